The van der Waals surface area contributed by atoms with Gasteiger partial charge in [0.1, 0.15) is 23.0 Å². The van der Waals surface area contributed by atoms with E-state index >= 15 is 0 Å². The highest BCUT2D eigenvalue weighted by Gasteiger charge is 2.67. The summed E-state index contributed by atoms with van der Waals surface area (Å²) in [5.74, 6) is -3.27. The molecule has 44 heavy (non-hydrogen) atoms. The lowest BCUT2D eigenvalue weighted by molar-refractivity contribution is -0.121. The summed E-state index contributed by atoms with van der Waals surface area (Å²) in [6, 6.07) is 4.69. The lowest BCUT2D eigenvalue weighted by Gasteiger charge is -2.23. The van der Waals surface area contributed by atoms with Crippen molar-refractivity contribution in [1.82, 2.24) is 15.6 Å². The SMILES string of the molecule is C[S+]([O-])C(C)(C)C#Cc1ccc(Br)c(C(Cc2cc(F)cc(F)c2)NC(=O)CNC2=C(C(=N)C(F)(F)F)C3CC3C2(F)F)n1. The van der Waals surface area contributed by atoms with E-state index in [0.29, 0.717) is 10.5 Å². The first-order valence-electron chi connectivity index (χ1n) is 13.1. The number of hydrogen-bond acceptors (Lipinski definition) is 5. The molecule has 2 aliphatic rings. The molecule has 0 saturated heterocycles. The van der Waals surface area contributed by atoms with Crippen LogP contribution in [0.25, 0.3) is 0 Å². The summed E-state index contributed by atoms with van der Waals surface area (Å²) in [5, 5.41) is 12.1. The second kappa shape index (κ2) is 12.4. The van der Waals surface area contributed by atoms with Crippen LogP contribution in [0.15, 0.2) is 46.1 Å². The van der Waals surface area contributed by atoms with E-state index in [1.807, 2.05) is 0 Å². The molecule has 0 spiro atoms. The molecule has 3 N–H and O–H groups in total. The molecule has 15 heteroatoms. The number of amides is 1. The molecule has 0 aliphatic heterocycles. The van der Waals surface area contributed by atoms with Crippen molar-refractivity contribution in [2.24, 2.45) is 11.8 Å². The minimum absolute atomic E-state index is 0.111. The first-order chi connectivity index (χ1) is 20.3. The quantitative estimate of drug-likeness (QED) is 0.134. The van der Waals surface area contributed by atoms with Crippen molar-refractivity contribution >= 4 is 38.7 Å². The Morgan fingerprint density at radius 1 is 1.23 bits per heavy atom. The topological polar surface area (TPSA) is 101 Å². The Hall–Kier alpha value is -3.09. The maximum absolute atomic E-state index is 14.9. The van der Waals surface area contributed by atoms with Crippen molar-refractivity contribution in [3.8, 4) is 11.8 Å². The zero-order valence-electron chi connectivity index (χ0n) is 23.4. The van der Waals surface area contributed by atoms with E-state index in [1.165, 1.54) is 12.3 Å². The molecule has 2 aliphatic carbocycles. The van der Waals surface area contributed by atoms with Crippen molar-refractivity contribution in [3.63, 3.8) is 0 Å². The molecule has 1 fully saturated rings. The minimum atomic E-state index is -5.16. The second-order valence-electron chi connectivity index (χ2n) is 11.0. The zero-order chi connectivity index (χ0) is 32.8. The van der Waals surface area contributed by atoms with Gasteiger partial charge in [0.25, 0.3) is 5.92 Å². The maximum atomic E-state index is 14.9. The summed E-state index contributed by atoms with van der Waals surface area (Å²) in [6.45, 7) is 2.44. The fourth-order valence-corrected chi connectivity index (χ4v) is 5.49. The van der Waals surface area contributed by atoms with Gasteiger partial charge >= 0.3 is 6.18 Å². The summed E-state index contributed by atoms with van der Waals surface area (Å²) < 4.78 is 109. The van der Waals surface area contributed by atoms with Crippen LogP contribution in [0.2, 0.25) is 0 Å². The lowest BCUT2D eigenvalue weighted by atomic mass is 10.0. The number of fused-ring (bicyclic) bond motifs is 1. The molecule has 6 nitrogen and oxygen atoms in total. The molecule has 2 aromatic rings. The molecule has 4 rings (SSSR count). The van der Waals surface area contributed by atoms with Crippen LogP contribution in [-0.4, -0.2) is 50.8 Å². The first-order valence-corrected chi connectivity index (χ1v) is 15.5. The van der Waals surface area contributed by atoms with Crippen molar-refractivity contribution < 1.29 is 40.1 Å². The van der Waals surface area contributed by atoms with Gasteiger partial charge in [-0.3, -0.25) is 10.2 Å². The Bertz CT molecular complexity index is 1560. The molecule has 236 valence electrons. The Morgan fingerprint density at radius 3 is 2.45 bits per heavy atom. The number of halogens is 8. The molecule has 1 aromatic heterocycles. The smallest absolute Gasteiger partial charge is 0.433 e. The number of hydrogen-bond donors (Lipinski definition) is 3. The molecule has 0 radical (unpaired) electrons. The predicted molar refractivity (Wildman–Crippen MR) is 153 cm³/mol. The number of alkyl halides is 5. The van der Waals surface area contributed by atoms with Crippen molar-refractivity contribution in [2.45, 2.75) is 49.6 Å². The molecule has 1 amide bonds. The highest BCUT2D eigenvalue weighted by atomic mass is 79.9. The summed E-state index contributed by atoms with van der Waals surface area (Å²) in [6.07, 6.45) is -4.09. The minimum Gasteiger partial charge on any atom is -0.615 e. The number of nitrogens with zero attached hydrogens (tertiary/aromatic N) is 1. The summed E-state index contributed by atoms with van der Waals surface area (Å²) in [4.78, 5) is 17.5. The Labute approximate surface area is 260 Å². The van der Waals surface area contributed by atoms with Gasteiger partial charge in [-0.2, -0.15) is 22.0 Å². The first kappa shape index (κ1) is 33.8. The number of aromatic nitrogens is 1. The lowest BCUT2D eigenvalue weighted by Crippen LogP contribution is -2.41. The number of nitrogens with one attached hydrogen (secondary N) is 3. The molecule has 1 saturated carbocycles. The highest BCUT2D eigenvalue weighted by molar-refractivity contribution is 9.10. The van der Waals surface area contributed by atoms with Crippen LogP contribution in [0.4, 0.5) is 30.7 Å². The van der Waals surface area contributed by atoms with E-state index in [1.54, 1.807) is 19.9 Å². The standard InChI is InChI=1S/C29H26BrF7N4O2S/c1-27(2,44(3)43)7-6-17-4-5-20(30)24(40-17)21(10-14-8-15(31)11-16(32)9-14)41-22(42)13-39-26-23(25(38)29(35,36)37)18-12-19(18)28(26,33)34/h4-5,8-9,11,18-19,21,38-39H,10,12-13H2,1-3H3,(H,41,42). The van der Waals surface area contributed by atoms with E-state index < -0.39 is 87.0 Å². The van der Waals surface area contributed by atoms with Gasteiger partial charge in [-0.25, -0.2) is 13.8 Å². The van der Waals surface area contributed by atoms with Crippen LogP contribution in [-0.2, 0) is 22.4 Å². The number of carbonyl (C=O) groups is 1. The molecular weight excluding hydrogens is 681 g/mol. The van der Waals surface area contributed by atoms with Gasteiger partial charge in [-0.05, 0) is 101 Å². The van der Waals surface area contributed by atoms with E-state index in [4.69, 9.17) is 5.41 Å². The maximum Gasteiger partial charge on any atom is 0.433 e. The van der Waals surface area contributed by atoms with Crippen molar-refractivity contribution in [1.29, 1.82) is 5.41 Å². The fourth-order valence-electron chi connectivity index (χ4n) is 4.79. The monoisotopic (exact) mass is 706 g/mol. The van der Waals surface area contributed by atoms with Gasteiger partial charge in [0, 0.05) is 22.0 Å². The van der Waals surface area contributed by atoms with Gasteiger partial charge < -0.3 is 15.2 Å². The molecule has 4 atom stereocenters. The molecule has 1 aromatic carbocycles. The Morgan fingerprint density at radius 2 is 1.86 bits per heavy atom. The van der Waals surface area contributed by atoms with Gasteiger partial charge in [-0.15, -0.1) is 0 Å². The average molecular weight is 708 g/mol. The van der Waals surface area contributed by atoms with Crippen LogP contribution in [0, 0.1) is 40.7 Å². The van der Waals surface area contributed by atoms with Crippen LogP contribution in [0.5, 0.6) is 0 Å². The number of rotatable bonds is 9. The van der Waals surface area contributed by atoms with E-state index in [0.717, 1.165) is 12.1 Å². The van der Waals surface area contributed by atoms with Crippen LogP contribution >= 0.6 is 15.9 Å². The van der Waals surface area contributed by atoms with Gasteiger partial charge in [0.2, 0.25) is 5.91 Å². The number of pyridine rings is 1. The largest absolute Gasteiger partial charge is 0.615 e. The van der Waals surface area contributed by atoms with Crippen LogP contribution < -0.4 is 10.6 Å². The highest BCUT2D eigenvalue weighted by Crippen LogP contribution is 2.62. The van der Waals surface area contributed by atoms with Crippen LogP contribution in [0.3, 0.4) is 0 Å². The Balaban J connectivity index is 1.63. The fraction of sp³-hybridized carbons (Fsp3) is 0.414. The second-order valence-corrected chi connectivity index (χ2v) is 13.7. The molecule has 4 unspecified atom stereocenters. The van der Waals surface area contributed by atoms with E-state index in [9.17, 15) is 40.1 Å². The molecule has 0 bridgehead atoms. The Kier molecular flexibility index (Phi) is 9.50. The van der Waals surface area contributed by atoms with Crippen molar-refractivity contribution in [2.75, 3.05) is 12.8 Å². The van der Waals surface area contributed by atoms with E-state index in [-0.39, 0.29) is 29.8 Å². The number of benzene rings is 1. The summed E-state index contributed by atoms with van der Waals surface area (Å²) in [5.41, 5.74) is -3.41. The molecular formula is C29H26BrF7N4O2S. The van der Waals surface area contributed by atoms with Gasteiger partial charge in [0.05, 0.1) is 30.2 Å². The third-order valence-corrected chi connectivity index (χ3v) is 9.53. The normalized spacial score (nSPS) is 20.3. The zero-order valence-corrected chi connectivity index (χ0v) is 25.8. The van der Waals surface area contributed by atoms with Crippen molar-refractivity contribution in [3.05, 3.63) is 74.7 Å². The third kappa shape index (κ3) is 7.40. The summed E-state index contributed by atoms with van der Waals surface area (Å²) in [7, 11) is 0. The van der Waals surface area contributed by atoms with Gasteiger partial charge in [0.15, 0.2) is 4.75 Å². The molecule has 1 heterocycles. The number of allylic oxidation sites excluding steroid dienone is 2. The van der Waals surface area contributed by atoms with Gasteiger partial charge in [-0.1, -0.05) is 0 Å². The summed E-state index contributed by atoms with van der Waals surface area (Å²) >= 11 is 2.02. The van der Waals surface area contributed by atoms with E-state index in [2.05, 4.69) is 43.4 Å². The van der Waals surface area contributed by atoms with Crippen LogP contribution in [0.1, 0.15) is 43.3 Å². The number of carbonyl (C=O) groups excluding carboxylic acids is 1. The third-order valence-electron chi connectivity index (χ3n) is 7.32. The predicted octanol–water partition coefficient (Wildman–Crippen LogP) is 5.74. The average Bonchev–Trinajstić information content (AvgIpc) is 3.66.